The van der Waals surface area contributed by atoms with Gasteiger partial charge < -0.3 is 19.5 Å². The Balaban J connectivity index is 1.09. The SMILES string of the molecule is N#Cc1ccc(OCCNC(=O)CN2CC3CN(CCCOc4ccccc4)CC(C2)O3)cc1. The summed E-state index contributed by atoms with van der Waals surface area (Å²) in [5.41, 5.74) is 0.594. The number of amides is 1. The number of hydrogen-bond acceptors (Lipinski definition) is 7. The van der Waals surface area contributed by atoms with E-state index < -0.39 is 0 Å². The quantitative estimate of drug-likeness (QED) is 0.509. The predicted molar refractivity (Wildman–Crippen MR) is 128 cm³/mol. The molecule has 2 unspecified atom stereocenters. The molecule has 1 amide bonds. The fraction of sp³-hybridized carbons (Fsp3) is 0.462. The van der Waals surface area contributed by atoms with Gasteiger partial charge in [-0.15, -0.1) is 0 Å². The van der Waals surface area contributed by atoms with Crippen LogP contribution in [0.5, 0.6) is 11.5 Å². The molecule has 1 N–H and O–H groups in total. The summed E-state index contributed by atoms with van der Waals surface area (Å²) in [7, 11) is 0. The summed E-state index contributed by atoms with van der Waals surface area (Å²) >= 11 is 0. The van der Waals surface area contributed by atoms with Crippen LogP contribution in [0.4, 0.5) is 0 Å². The molecule has 8 heteroatoms. The molecule has 0 aromatic heterocycles. The number of hydrogen-bond donors (Lipinski definition) is 1. The van der Waals surface area contributed by atoms with Gasteiger partial charge >= 0.3 is 0 Å². The molecule has 8 nitrogen and oxygen atoms in total. The molecular formula is C26H32N4O4. The highest BCUT2D eigenvalue weighted by Gasteiger charge is 2.35. The molecule has 2 aromatic rings. The standard InChI is InChI=1S/C26H32N4O4/c27-15-21-7-9-23(10-8-21)33-14-11-28-26(31)20-30-18-24-16-29(17-25(19-30)34-24)12-4-13-32-22-5-2-1-3-6-22/h1-3,5-10,24-25H,4,11-14,16-20H2,(H,28,31). The van der Waals surface area contributed by atoms with Crippen molar-refractivity contribution in [1.29, 1.82) is 5.26 Å². The second-order valence-electron chi connectivity index (χ2n) is 8.68. The average Bonchev–Trinajstić information content (AvgIpc) is 2.85. The zero-order chi connectivity index (χ0) is 23.6. The summed E-state index contributed by atoms with van der Waals surface area (Å²) in [4.78, 5) is 17.0. The molecule has 2 fully saturated rings. The van der Waals surface area contributed by atoms with E-state index in [-0.39, 0.29) is 18.1 Å². The molecule has 180 valence electrons. The zero-order valence-corrected chi connectivity index (χ0v) is 19.4. The minimum Gasteiger partial charge on any atom is -0.494 e. The van der Waals surface area contributed by atoms with Crippen molar-refractivity contribution in [2.45, 2.75) is 18.6 Å². The molecule has 2 atom stereocenters. The van der Waals surface area contributed by atoms with Crippen molar-refractivity contribution in [1.82, 2.24) is 15.1 Å². The normalized spacial score (nSPS) is 20.3. The van der Waals surface area contributed by atoms with Crippen LogP contribution in [-0.4, -0.2) is 86.9 Å². The van der Waals surface area contributed by atoms with E-state index in [4.69, 9.17) is 19.5 Å². The van der Waals surface area contributed by atoms with Gasteiger partial charge in [0, 0.05) is 32.7 Å². The smallest absolute Gasteiger partial charge is 0.234 e. The van der Waals surface area contributed by atoms with Crippen molar-refractivity contribution in [3.8, 4) is 17.6 Å². The molecule has 0 spiro atoms. The van der Waals surface area contributed by atoms with Crippen LogP contribution < -0.4 is 14.8 Å². The Hall–Kier alpha value is -3.12. The third-order valence-electron chi connectivity index (χ3n) is 5.91. The highest BCUT2D eigenvalue weighted by Crippen LogP contribution is 2.19. The molecule has 2 aliphatic heterocycles. The van der Waals surface area contributed by atoms with Gasteiger partial charge in [-0.25, -0.2) is 0 Å². The molecule has 2 saturated heterocycles. The van der Waals surface area contributed by atoms with Crippen LogP contribution in [0.3, 0.4) is 0 Å². The number of nitrogens with zero attached hydrogens (tertiary/aromatic N) is 3. The monoisotopic (exact) mass is 464 g/mol. The third-order valence-corrected chi connectivity index (χ3v) is 5.91. The van der Waals surface area contributed by atoms with Crippen molar-refractivity contribution in [3.05, 3.63) is 60.2 Å². The highest BCUT2D eigenvalue weighted by atomic mass is 16.5. The van der Waals surface area contributed by atoms with Crippen LogP contribution in [-0.2, 0) is 9.53 Å². The molecule has 0 saturated carbocycles. The highest BCUT2D eigenvalue weighted by molar-refractivity contribution is 5.78. The summed E-state index contributed by atoms with van der Waals surface area (Å²) in [6.45, 7) is 6.20. The first-order valence-electron chi connectivity index (χ1n) is 11.9. The lowest BCUT2D eigenvalue weighted by molar-refractivity contribution is -0.145. The van der Waals surface area contributed by atoms with E-state index in [1.165, 1.54) is 0 Å². The lowest BCUT2D eigenvalue weighted by Crippen LogP contribution is -2.60. The Morgan fingerprint density at radius 1 is 0.941 bits per heavy atom. The molecule has 0 aliphatic carbocycles. The molecule has 4 rings (SSSR count). The summed E-state index contributed by atoms with van der Waals surface area (Å²) in [6, 6.07) is 18.9. The number of rotatable bonds is 11. The van der Waals surface area contributed by atoms with E-state index in [2.05, 4.69) is 21.2 Å². The minimum absolute atomic E-state index is 0.00156. The van der Waals surface area contributed by atoms with Gasteiger partial charge in [-0.05, 0) is 42.8 Å². The van der Waals surface area contributed by atoms with Gasteiger partial charge in [0.15, 0.2) is 0 Å². The second-order valence-corrected chi connectivity index (χ2v) is 8.68. The van der Waals surface area contributed by atoms with Gasteiger partial charge in [-0.3, -0.25) is 14.6 Å². The average molecular weight is 465 g/mol. The van der Waals surface area contributed by atoms with Gasteiger partial charge in [0.25, 0.3) is 0 Å². The first-order chi connectivity index (χ1) is 16.7. The Labute approximate surface area is 201 Å². The molecule has 34 heavy (non-hydrogen) atoms. The third kappa shape index (κ3) is 7.45. The van der Waals surface area contributed by atoms with Gasteiger partial charge in [-0.2, -0.15) is 5.26 Å². The number of carbonyl (C=O) groups excluding carboxylic acids is 1. The number of ether oxygens (including phenoxy) is 3. The Morgan fingerprint density at radius 3 is 2.29 bits per heavy atom. The minimum atomic E-state index is -0.00156. The maximum atomic E-state index is 12.4. The van der Waals surface area contributed by atoms with Crippen molar-refractivity contribution in [2.24, 2.45) is 0 Å². The lowest BCUT2D eigenvalue weighted by Gasteiger charge is -2.45. The lowest BCUT2D eigenvalue weighted by atomic mass is 10.1. The largest absolute Gasteiger partial charge is 0.494 e. The number of nitrogens with one attached hydrogen (secondary N) is 1. The van der Waals surface area contributed by atoms with Crippen molar-refractivity contribution in [3.63, 3.8) is 0 Å². The van der Waals surface area contributed by atoms with E-state index in [1.54, 1.807) is 24.3 Å². The fourth-order valence-electron chi connectivity index (χ4n) is 4.41. The van der Waals surface area contributed by atoms with Gasteiger partial charge in [0.05, 0.1) is 43.5 Å². The fourth-order valence-corrected chi connectivity index (χ4v) is 4.41. The van der Waals surface area contributed by atoms with E-state index in [0.717, 1.165) is 44.9 Å². The summed E-state index contributed by atoms with van der Waals surface area (Å²) in [5.74, 6) is 1.60. The Kier molecular flexibility index (Phi) is 8.74. The van der Waals surface area contributed by atoms with Gasteiger partial charge in [0.1, 0.15) is 18.1 Å². The van der Waals surface area contributed by atoms with Crippen LogP contribution in [0, 0.1) is 11.3 Å². The number of morpholine rings is 2. The second kappa shape index (κ2) is 12.4. The zero-order valence-electron chi connectivity index (χ0n) is 19.4. The van der Waals surface area contributed by atoms with Crippen LogP contribution >= 0.6 is 0 Å². The maximum Gasteiger partial charge on any atom is 0.234 e. The maximum absolute atomic E-state index is 12.4. The first kappa shape index (κ1) is 24.0. The molecule has 2 bridgehead atoms. The number of carbonyl (C=O) groups is 1. The van der Waals surface area contributed by atoms with Crippen molar-refractivity contribution < 1.29 is 19.0 Å². The van der Waals surface area contributed by atoms with Crippen molar-refractivity contribution in [2.75, 3.05) is 59.0 Å². The van der Waals surface area contributed by atoms with E-state index in [9.17, 15) is 4.79 Å². The Morgan fingerprint density at radius 2 is 1.59 bits per heavy atom. The summed E-state index contributed by atoms with van der Waals surface area (Å²) in [6.07, 6.45) is 1.25. The van der Waals surface area contributed by atoms with E-state index in [1.807, 2.05) is 30.3 Å². The van der Waals surface area contributed by atoms with Crippen LogP contribution in [0.2, 0.25) is 0 Å². The van der Waals surface area contributed by atoms with Crippen LogP contribution in [0.15, 0.2) is 54.6 Å². The molecule has 2 aliphatic rings. The van der Waals surface area contributed by atoms with Gasteiger partial charge in [0.2, 0.25) is 5.91 Å². The summed E-state index contributed by atoms with van der Waals surface area (Å²) < 4.78 is 17.5. The molecular weight excluding hydrogens is 432 g/mol. The molecule has 2 heterocycles. The number of benzene rings is 2. The molecule has 0 radical (unpaired) electrons. The van der Waals surface area contributed by atoms with Gasteiger partial charge in [-0.1, -0.05) is 18.2 Å². The van der Waals surface area contributed by atoms with E-state index >= 15 is 0 Å². The van der Waals surface area contributed by atoms with Crippen LogP contribution in [0.25, 0.3) is 0 Å². The number of nitriles is 1. The van der Waals surface area contributed by atoms with Crippen molar-refractivity contribution >= 4 is 5.91 Å². The number of para-hydroxylation sites is 1. The molecule has 2 aromatic carbocycles. The topological polar surface area (TPSA) is 87.1 Å². The first-order valence-corrected chi connectivity index (χ1v) is 11.9. The summed E-state index contributed by atoms with van der Waals surface area (Å²) in [5, 5.41) is 11.7. The Bertz CT molecular complexity index is 934. The van der Waals surface area contributed by atoms with E-state index in [0.29, 0.717) is 37.6 Å². The predicted octanol–water partition coefficient (Wildman–Crippen LogP) is 1.91. The van der Waals surface area contributed by atoms with Crippen LogP contribution in [0.1, 0.15) is 12.0 Å². The number of fused-ring (bicyclic) bond motifs is 2.